The molecule has 12 nitrogen and oxygen atoms in total. The number of hydrogen-bond acceptors (Lipinski definition) is 13. The van der Waals surface area contributed by atoms with Crippen molar-refractivity contribution in [2.75, 3.05) is 26.4 Å². The molecular weight excluding hydrogens is 615 g/mol. The molecule has 0 atom stereocenters. The maximum atomic E-state index is 14.6. The highest BCUT2D eigenvalue weighted by atomic mass is 32.1. The SMILES string of the molecule is C=CC(=O)OCCOc1ccc(/N=N/c2ccc(/N=N/c3ccc(/N=N/c4ccc(OCCOC(=O)C=C)s4)cc3F)cc2)cc1. The summed E-state index contributed by atoms with van der Waals surface area (Å²) in [7, 11) is 0. The van der Waals surface area contributed by atoms with E-state index < -0.39 is 17.8 Å². The lowest BCUT2D eigenvalue weighted by Crippen LogP contribution is -2.09. The first-order chi connectivity index (χ1) is 22.4. The van der Waals surface area contributed by atoms with Crippen LogP contribution in [0.15, 0.2) is 135 Å². The number of esters is 2. The molecule has 3 aromatic carbocycles. The van der Waals surface area contributed by atoms with Crippen LogP contribution in [0.3, 0.4) is 0 Å². The van der Waals surface area contributed by atoms with E-state index in [1.54, 1.807) is 66.7 Å². The predicted octanol–water partition coefficient (Wildman–Crippen LogP) is 9.35. The highest BCUT2D eigenvalue weighted by Crippen LogP contribution is 2.33. The Hall–Kier alpha value is -5.89. The summed E-state index contributed by atoms with van der Waals surface area (Å²) >= 11 is 1.24. The summed E-state index contributed by atoms with van der Waals surface area (Å²) in [4.78, 5) is 22.1. The van der Waals surface area contributed by atoms with Crippen molar-refractivity contribution in [1.29, 1.82) is 0 Å². The minimum atomic E-state index is -0.609. The molecule has 4 aromatic rings. The number of azo groups is 3. The summed E-state index contributed by atoms with van der Waals surface area (Å²) in [5.74, 6) is -1.03. The summed E-state index contributed by atoms with van der Waals surface area (Å²) < 4.78 is 35.3. The number of thiophene rings is 1. The van der Waals surface area contributed by atoms with Gasteiger partial charge in [-0.2, -0.15) is 15.3 Å². The fourth-order valence-corrected chi connectivity index (χ4v) is 4.02. The second-order valence-corrected chi connectivity index (χ2v) is 9.80. The minimum Gasteiger partial charge on any atom is -0.490 e. The number of rotatable bonds is 16. The molecule has 0 unspecified atom stereocenters. The second kappa shape index (κ2) is 17.4. The van der Waals surface area contributed by atoms with Crippen LogP contribution < -0.4 is 9.47 Å². The molecule has 0 amide bonds. The van der Waals surface area contributed by atoms with Crippen molar-refractivity contribution in [3.05, 3.63) is 110 Å². The molecule has 234 valence electrons. The van der Waals surface area contributed by atoms with Crippen LogP contribution >= 0.6 is 11.3 Å². The molecule has 0 radical (unpaired) electrons. The molecule has 0 bridgehead atoms. The molecule has 0 aliphatic rings. The first-order valence-corrected chi connectivity index (χ1v) is 14.4. The van der Waals surface area contributed by atoms with Crippen LogP contribution in [0.2, 0.25) is 0 Å². The summed E-state index contributed by atoms with van der Waals surface area (Å²) in [6.45, 7) is 7.25. The third-order valence-electron chi connectivity index (χ3n) is 5.50. The molecule has 46 heavy (non-hydrogen) atoms. The lowest BCUT2D eigenvalue weighted by molar-refractivity contribution is -0.139. The third-order valence-corrected chi connectivity index (χ3v) is 6.39. The van der Waals surface area contributed by atoms with E-state index in [-0.39, 0.29) is 32.1 Å². The van der Waals surface area contributed by atoms with Crippen LogP contribution in [0, 0.1) is 5.82 Å². The molecule has 0 saturated heterocycles. The van der Waals surface area contributed by atoms with Gasteiger partial charge in [-0.25, -0.2) is 14.0 Å². The van der Waals surface area contributed by atoms with Crippen molar-refractivity contribution in [2.24, 2.45) is 30.7 Å². The van der Waals surface area contributed by atoms with Crippen molar-refractivity contribution in [3.63, 3.8) is 0 Å². The van der Waals surface area contributed by atoms with E-state index in [0.29, 0.717) is 38.6 Å². The van der Waals surface area contributed by atoms with Gasteiger partial charge in [-0.1, -0.05) is 24.5 Å². The summed E-state index contributed by atoms with van der Waals surface area (Å²) in [5, 5.41) is 25.8. The van der Waals surface area contributed by atoms with Gasteiger partial charge in [0.25, 0.3) is 0 Å². The van der Waals surface area contributed by atoms with E-state index in [4.69, 9.17) is 18.9 Å². The lowest BCUT2D eigenvalue weighted by atomic mass is 10.3. The lowest BCUT2D eigenvalue weighted by Gasteiger charge is -2.06. The van der Waals surface area contributed by atoms with Crippen LogP contribution in [-0.2, 0) is 19.1 Å². The van der Waals surface area contributed by atoms with Gasteiger partial charge in [0, 0.05) is 18.2 Å². The molecule has 0 spiro atoms. The molecule has 0 fully saturated rings. The average molecular weight is 643 g/mol. The maximum Gasteiger partial charge on any atom is 0.330 e. The van der Waals surface area contributed by atoms with Crippen molar-refractivity contribution in [1.82, 2.24) is 0 Å². The Kier molecular flexibility index (Phi) is 12.5. The molecule has 0 N–H and O–H groups in total. The van der Waals surface area contributed by atoms with E-state index in [0.717, 1.165) is 12.2 Å². The largest absolute Gasteiger partial charge is 0.490 e. The summed E-state index contributed by atoms with van der Waals surface area (Å²) in [5.41, 5.74) is 2.03. The van der Waals surface area contributed by atoms with Gasteiger partial charge in [-0.3, -0.25) is 0 Å². The van der Waals surface area contributed by atoms with Crippen molar-refractivity contribution in [3.8, 4) is 10.8 Å². The molecule has 1 heterocycles. The van der Waals surface area contributed by atoms with Gasteiger partial charge in [0.2, 0.25) is 0 Å². The Labute approximate surface area is 267 Å². The molecular formula is C32H27FN6O6S. The van der Waals surface area contributed by atoms with Crippen LogP contribution in [0.1, 0.15) is 0 Å². The van der Waals surface area contributed by atoms with Crippen molar-refractivity contribution >= 4 is 56.7 Å². The number of hydrogen-bond donors (Lipinski definition) is 0. The number of halogens is 1. The van der Waals surface area contributed by atoms with E-state index >= 15 is 0 Å². The normalized spacial score (nSPS) is 11.2. The first kappa shape index (κ1) is 33.0. The van der Waals surface area contributed by atoms with Gasteiger partial charge >= 0.3 is 11.9 Å². The zero-order valence-electron chi connectivity index (χ0n) is 24.3. The fourth-order valence-electron chi connectivity index (χ4n) is 3.31. The third kappa shape index (κ3) is 11.0. The van der Waals surface area contributed by atoms with Gasteiger partial charge in [0.1, 0.15) is 42.9 Å². The van der Waals surface area contributed by atoms with Crippen molar-refractivity contribution in [2.45, 2.75) is 0 Å². The van der Waals surface area contributed by atoms with Gasteiger partial charge in [0.15, 0.2) is 10.9 Å². The highest BCUT2D eigenvalue weighted by Gasteiger charge is 2.05. The number of ether oxygens (including phenoxy) is 4. The molecule has 1 aromatic heterocycles. The summed E-state index contributed by atoms with van der Waals surface area (Å²) in [6, 6.07) is 21.4. The van der Waals surface area contributed by atoms with E-state index in [9.17, 15) is 14.0 Å². The number of benzene rings is 3. The Morgan fingerprint density at radius 1 is 0.630 bits per heavy atom. The van der Waals surface area contributed by atoms with E-state index in [1.807, 2.05) is 0 Å². The number of carbonyl (C=O) groups is 2. The first-order valence-electron chi connectivity index (χ1n) is 13.6. The predicted molar refractivity (Wildman–Crippen MR) is 169 cm³/mol. The van der Waals surface area contributed by atoms with Crippen LogP contribution in [0.5, 0.6) is 10.8 Å². The zero-order chi connectivity index (χ0) is 32.6. The Morgan fingerprint density at radius 2 is 1.15 bits per heavy atom. The molecule has 4 rings (SSSR count). The Balaban J connectivity index is 1.24. The van der Waals surface area contributed by atoms with E-state index in [2.05, 4.69) is 43.8 Å². The van der Waals surface area contributed by atoms with Gasteiger partial charge in [-0.05, 0) is 72.8 Å². The molecule has 0 aliphatic carbocycles. The second-order valence-electron chi connectivity index (χ2n) is 8.78. The van der Waals surface area contributed by atoms with E-state index in [1.165, 1.54) is 23.5 Å². The van der Waals surface area contributed by atoms with Crippen LogP contribution in [-0.4, -0.2) is 38.4 Å². The minimum absolute atomic E-state index is 0.0388. The number of carbonyl (C=O) groups excluding carboxylic acids is 2. The zero-order valence-corrected chi connectivity index (χ0v) is 25.1. The van der Waals surface area contributed by atoms with Crippen molar-refractivity contribution < 1.29 is 32.9 Å². The number of nitrogens with zero attached hydrogens (tertiary/aromatic N) is 6. The molecule has 0 aliphatic heterocycles. The fraction of sp³-hybridized carbons (Fsp3) is 0.125. The Morgan fingerprint density at radius 3 is 1.74 bits per heavy atom. The monoisotopic (exact) mass is 642 g/mol. The topological polar surface area (TPSA) is 145 Å². The average Bonchev–Trinajstić information content (AvgIpc) is 3.54. The van der Waals surface area contributed by atoms with Gasteiger partial charge < -0.3 is 18.9 Å². The smallest absolute Gasteiger partial charge is 0.330 e. The highest BCUT2D eigenvalue weighted by molar-refractivity contribution is 7.17. The molecule has 14 heteroatoms. The molecule has 0 saturated carbocycles. The van der Waals surface area contributed by atoms with Crippen LogP contribution in [0.4, 0.5) is 37.8 Å². The quantitative estimate of drug-likeness (QED) is 0.0515. The maximum absolute atomic E-state index is 14.6. The summed E-state index contributed by atoms with van der Waals surface area (Å²) in [6.07, 6.45) is 2.17. The van der Waals surface area contributed by atoms with Crippen LogP contribution in [0.25, 0.3) is 0 Å². The standard InChI is InChI=1S/C32H27FN6O6S/c1-3-30(40)43-18-17-42-26-12-9-24(10-13-26)35-34-22-5-7-23(8-6-22)36-38-28-14-11-25(21-27(28)33)37-39-29-15-16-32(46-29)45-20-19-44-31(41)4-2/h3-16,21H,1-2,17-20H2/b35-34+,38-36+,39-37+. The Bertz CT molecular complexity index is 1740. The van der Waals surface area contributed by atoms with Gasteiger partial charge in [0.05, 0.1) is 22.7 Å². The van der Waals surface area contributed by atoms with Gasteiger partial charge in [-0.15, -0.1) is 15.3 Å².